The summed E-state index contributed by atoms with van der Waals surface area (Å²) in [6.45, 7) is 4.69. The number of para-hydroxylation sites is 1. The first kappa shape index (κ1) is 29.5. The Bertz CT molecular complexity index is 2790. The molecular weight excluding hydrogens is 619 g/mol. The van der Waals surface area contributed by atoms with E-state index >= 15 is 0 Å². The molecule has 1 aromatic heterocycles. The molecule has 0 atom stereocenters. The van der Waals surface area contributed by atoms with Gasteiger partial charge in [-0.3, -0.25) is 0 Å². The lowest BCUT2D eigenvalue weighted by Gasteiger charge is -2.27. The van der Waals surface area contributed by atoms with Gasteiger partial charge in [-0.05, 0) is 110 Å². The fourth-order valence-corrected chi connectivity index (χ4v) is 8.29. The van der Waals surface area contributed by atoms with Gasteiger partial charge in [-0.2, -0.15) is 0 Å². The molecule has 2 heteroatoms. The smallest absolute Gasteiger partial charge is 0.137 e. The van der Waals surface area contributed by atoms with E-state index in [9.17, 15) is 0 Å². The van der Waals surface area contributed by atoms with E-state index in [1.54, 1.807) is 0 Å². The number of anilines is 3. The number of hydrogen-bond donors (Lipinski definition) is 0. The minimum Gasteiger partial charge on any atom is -0.456 e. The molecule has 0 saturated heterocycles. The fourth-order valence-electron chi connectivity index (χ4n) is 8.29. The van der Waals surface area contributed by atoms with Crippen LogP contribution >= 0.6 is 0 Å². The molecular formula is C49H35NO. The van der Waals surface area contributed by atoms with E-state index in [0.717, 1.165) is 39.0 Å². The van der Waals surface area contributed by atoms with Crippen molar-refractivity contribution in [1.82, 2.24) is 0 Å². The zero-order valence-electron chi connectivity index (χ0n) is 28.6. The van der Waals surface area contributed by atoms with Crippen LogP contribution in [0.5, 0.6) is 0 Å². The molecule has 242 valence electrons. The molecule has 0 N–H and O–H groups in total. The molecule has 0 amide bonds. The summed E-state index contributed by atoms with van der Waals surface area (Å²) in [6.07, 6.45) is 0. The molecule has 8 aromatic carbocycles. The number of fused-ring (bicyclic) bond motifs is 7. The SMILES string of the molecule is CC1(C)c2ccccc2-c2cc3cc(N(c4cccc(-c5ccccc5-c5ccccc5)c4)c4ccc5c(c4)oc4ccccc45)ccc3cc21. The second-order valence-corrected chi connectivity index (χ2v) is 14.2. The highest BCUT2D eigenvalue weighted by Gasteiger charge is 2.35. The van der Waals surface area contributed by atoms with Crippen molar-refractivity contribution in [3.8, 4) is 33.4 Å². The van der Waals surface area contributed by atoms with Crippen LogP contribution in [0.1, 0.15) is 25.0 Å². The van der Waals surface area contributed by atoms with Crippen LogP contribution in [0, 0.1) is 0 Å². The van der Waals surface area contributed by atoms with Crippen LogP contribution in [0.2, 0.25) is 0 Å². The van der Waals surface area contributed by atoms with Gasteiger partial charge in [0.1, 0.15) is 11.2 Å². The van der Waals surface area contributed by atoms with Crippen LogP contribution in [-0.2, 0) is 5.41 Å². The van der Waals surface area contributed by atoms with Gasteiger partial charge >= 0.3 is 0 Å². The first-order valence-corrected chi connectivity index (χ1v) is 17.7. The van der Waals surface area contributed by atoms with Crippen LogP contribution in [0.25, 0.3) is 66.1 Å². The van der Waals surface area contributed by atoms with Gasteiger partial charge in [0.25, 0.3) is 0 Å². The minimum atomic E-state index is -0.0384. The molecule has 2 nitrogen and oxygen atoms in total. The van der Waals surface area contributed by atoms with E-state index in [0.29, 0.717) is 0 Å². The van der Waals surface area contributed by atoms with Crippen LogP contribution < -0.4 is 4.90 Å². The molecule has 0 fully saturated rings. The Kier molecular flexibility index (Phi) is 6.56. The van der Waals surface area contributed by atoms with Gasteiger partial charge in [-0.15, -0.1) is 0 Å². The zero-order valence-corrected chi connectivity index (χ0v) is 28.6. The molecule has 0 radical (unpaired) electrons. The lowest BCUT2D eigenvalue weighted by Crippen LogP contribution is -2.14. The van der Waals surface area contributed by atoms with E-state index < -0.39 is 0 Å². The molecule has 1 aliphatic rings. The zero-order chi connectivity index (χ0) is 34.1. The molecule has 9 aromatic rings. The third kappa shape index (κ3) is 4.71. The molecule has 51 heavy (non-hydrogen) atoms. The first-order valence-electron chi connectivity index (χ1n) is 17.7. The van der Waals surface area contributed by atoms with E-state index in [4.69, 9.17) is 4.42 Å². The highest BCUT2D eigenvalue weighted by atomic mass is 16.3. The molecule has 0 bridgehead atoms. The Hall–Kier alpha value is -6.38. The second-order valence-electron chi connectivity index (χ2n) is 14.2. The maximum Gasteiger partial charge on any atom is 0.137 e. The van der Waals surface area contributed by atoms with Gasteiger partial charge in [-0.25, -0.2) is 0 Å². The molecule has 0 aliphatic heterocycles. The van der Waals surface area contributed by atoms with Gasteiger partial charge < -0.3 is 9.32 Å². The van der Waals surface area contributed by atoms with Crippen LogP contribution in [-0.4, -0.2) is 0 Å². The van der Waals surface area contributed by atoms with Crippen molar-refractivity contribution in [2.45, 2.75) is 19.3 Å². The van der Waals surface area contributed by atoms with E-state index in [2.05, 4.69) is 183 Å². The maximum absolute atomic E-state index is 6.42. The molecule has 0 spiro atoms. The number of nitrogens with zero attached hydrogens (tertiary/aromatic N) is 1. The molecule has 0 saturated carbocycles. The summed E-state index contributed by atoms with van der Waals surface area (Å²) < 4.78 is 6.42. The van der Waals surface area contributed by atoms with Crippen molar-refractivity contribution in [3.05, 3.63) is 187 Å². The summed E-state index contributed by atoms with van der Waals surface area (Å²) in [5, 5.41) is 4.72. The van der Waals surface area contributed by atoms with Gasteiger partial charge in [0.05, 0.1) is 0 Å². The number of benzene rings is 8. The van der Waals surface area contributed by atoms with E-state index in [1.807, 2.05) is 12.1 Å². The quantitative estimate of drug-likeness (QED) is 0.184. The van der Waals surface area contributed by atoms with Crippen LogP contribution in [0.3, 0.4) is 0 Å². The summed E-state index contributed by atoms with van der Waals surface area (Å²) in [6, 6.07) is 63.7. The largest absolute Gasteiger partial charge is 0.456 e. The van der Waals surface area contributed by atoms with Crippen LogP contribution in [0.15, 0.2) is 180 Å². The third-order valence-corrected chi connectivity index (χ3v) is 10.8. The summed E-state index contributed by atoms with van der Waals surface area (Å²) >= 11 is 0. The summed E-state index contributed by atoms with van der Waals surface area (Å²) in [5.41, 5.74) is 15.2. The molecule has 1 heterocycles. The summed E-state index contributed by atoms with van der Waals surface area (Å²) in [5.74, 6) is 0. The third-order valence-electron chi connectivity index (χ3n) is 10.8. The predicted octanol–water partition coefficient (Wildman–Crippen LogP) is 13.8. The fraction of sp³-hybridized carbons (Fsp3) is 0.0612. The lowest BCUT2D eigenvalue weighted by molar-refractivity contribution is 0.661. The van der Waals surface area contributed by atoms with E-state index in [-0.39, 0.29) is 5.41 Å². The monoisotopic (exact) mass is 653 g/mol. The summed E-state index contributed by atoms with van der Waals surface area (Å²) in [7, 11) is 0. The Morgan fingerprint density at radius 2 is 1.04 bits per heavy atom. The molecule has 10 rings (SSSR count). The minimum absolute atomic E-state index is 0.0384. The topological polar surface area (TPSA) is 16.4 Å². The molecule has 1 aliphatic carbocycles. The van der Waals surface area contributed by atoms with E-state index in [1.165, 1.54) is 55.3 Å². The Morgan fingerprint density at radius 3 is 1.90 bits per heavy atom. The van der Waals surface area contributed by atoms with Gasteiger partial charge in [0.2, 0.25) is 0 Å². The number of hydrogen-bond acceptors (Lipinski definition) is 2. The normalized spacial score (nSPS) is 13.1. The standard InChI is InChI=1S/C49H35NO/c1-49(2)45-21-10-8-19-41(45)44-29-35-28-37(24-23-33(35)30-46(44)49)50(38-25-26-43-42-20-9-11-22-47(42)51-48(43)31-38)36-16-12-15-34(27-36)40-18-7-6-17-39(40)32-13-4-3-5-14-32/h3-31H,1-2H3. The van der Waals surface area contributed by atoms with Crippen LogP contribution in [0.4, 0.5) is 17.1 Å². The highest BCUT2D eigenvalue weighted by molar-refractivity contribution is 6.06. The Balaban J connectivity index is 1.17. The highest BCUT2D eigenvalue weighted by Crippen LogP contribution is 2.50. The number of furan rings is 1. The predicted molar refractivity (Wildman–Crippen MR) is 214 cm³/mol. The van der Waals surface area contributed by atoms with Crippen molar-refractivity contribution < 1.29 is 4.42 Å². The summed E-state index contributed by atoms with van der Waals surface area (Å²) in [4.78, 5) is 2.37. The lowest BCUT2D eigenvalue weighted by atomic mass is 9.82. The van der Waals surface area contributed by atoms with Gasteiger partial charge in [0.15, 0.2) is 0 Å². The number of rotatable bonds is 5. The van der Waals surface area contributed by atoms with Crippen molar-refractivity contribution in [1.29, 1.82) is 0 Å². The van der Waals surface area contributed by atoms with Crippen molar-refractivity contribution in [2.75, 3.05) is 4.90 Å². The van der Waals surface area contributed by atoms with Crippen molar-refractivity contribution in [2.24, 2.45) is 0 Å². The first-order chi connectivity index (χ1) is 25.0. The second kappa shape index (κ2) is 11.3. The average Bonchev–Trinajstić information content (AvgIpc) is 3.66. The van der Waals surface area contributed by atoms with Crippen molar-refractivity contribution in [3.63, 3.8) is 0 Å². The van der Waals surface area contributed by atoms with Gasteiger partial charge in [-0.1, -0.05) is 129 Å². The average molecular weight is 654 g/mol. The van der Waals surface area contributed by atoms with Crippen molar-refractivity contribution >= 4 is 49.8 Å². The van der Waals surface area contributed by atoms with Gasteiger partial charge in [0, 0.05) is 39.3 Å². The Labute approximate surface area is 297 Å². The maximum atomic E-state index is 6.42. The Morgan fingerprint density at radius 1 is 0.392 bits per heavy atom. The molecule has 0 unspecified atom stereocenters.